The van der Waals surface area contributed by atoms with Gasteiger partial charge in [-0.15, -0.1) is 0 Å². The zero-order chi connectivity index (χ0) is 14.7. The minimum Gasteiger partial charge on any atom is -0.383 e. The fraction of sp³-hybridized carbons (Fsp3) is 0.643. The molecule has 1 aromatic rings. The maximum Gasteiger partial charge on any atom is 0.239 e. The Bertz CT molecular complexity index is 497. The highest BCUT2D eigenvalue weighted by molar-refractivity contribution is 5.80. The molecule has 0 spiro atoms. The van der Waals surface area contributed by atoms with Crippen molar-refractivity contribution in [2.75, 3.05) is 24.1 Å². The van der Waals surface area contributed by atoms with E-state index in [-0.39, 0.29) is 12.5 Å². The highest BCUT2D eigenvalue weighted by atomic mass is 16.1. The molecule has 1 aliphatic rings. The van der Waals surface area contributed by atoms with Gasteiger partial charge in [-0.25, -0.2) is 9.97 Å². The van der Waals surface area contributed by atoms with Gasteiger partial charge in [0, 0.05) is 18.0 Å². The van der Waals surface area contributed by atoms with Crippen molar-refractivity contribution < 1.29 is 4.79 Å². The molecule has 110 valence electrons. The van der Waals surface area contributed by atoms with E-state index >= 15 is 0 Å². The molecular weight excluding hydrogens is 254 g/mol. The first-order valence-corrected chi connectivity index (χ1v) is 7.12. The number of rotatable bonds is 6. The van der Waals surface area contributed by atoms with Crippen molar-refractivity contribution in [3.63, 3.8) is 0 Å². The maximum absolute atomic E-state index is 11.7. The predicted molar refractivity (Wildman–Crippen MR) is 79.5 cm³/mol. The number of hydrogen-bond acceptors (Lipinski definition) is 5. The molecule has 6 nitrogen and oxygen atoms in total. The fourth-order valence-electron chi connectivity index (χ4n) is 1.79. The Morgan fingerprint density at radius 1 is 1.40 bits per heavy atom. The predicted octanol–water partition coefficient (Wildman–Crippen LogP) is 1.43. The summed E-state index contributed by atoms with van der Waals surface area (Å²) in [7, 11) is 0. The van der Waals surface area contributed by atoms with Gasteiger partial charge >= 0.3 is 0 Å². The molecule has 1 fully saturated rings. The maximum atomic E-state index is 11.7. The minimum atomic E-state index is -0.0387. The van der Waals surface area contributed by atoms with E-state index in [1.54, 1.807) is 0 Å². The Hall–Kier alpha value is -1.85. The highest BCUT2D eigenvalue weighted by Gasteiger charge is 2.27. The Labute approximate surface area is 119 Å². The second-order valence-corrected chi connectivity index (χ2v) is 5.77. The smallest absolute Gasteiger partial charge is 0.239 e. The van der Waals surface area contributed by atoms with Crippen LogP contribution in [-0.2, 0) is 4.79 Å². The van der Waals surface area contributed by atoms with Gasteiger partial charge in [-0.3, -0.25) is 4.79 Å². The summed E-state index contributed by atoms with van der Waals surface area (Å²) in [6.45, 7) is 6.86. The lowest BCUT2D eigenvalue weighted by atomic mass is 10.2. The molecule has 1 amide bonds. The number of nitrogens with zero attached hydrogens (tertiary/aromatic N) is 2. The summed E-state index contributed by atoms with van der Waals surface area (Å²) in [6.07, 6.45) is 2.24. The van der Waals surface area contributed by atoms with Crippen molar-refractivity contribution in [3.05, 3.63) is 11.4 Å². The van der Waals surface area contributed by atoms with Crippen LogP contribution in [0, 0.1) is 12.8 Å². The summed E-state index contributed by atoms with van der Waals surface area (Å²) in [6, 6.07) is 0. The van der Waals surface area contributed by atoms with Crippen molar-refractivity contribution in [1.82, 2.24) is 15.3 Å². The lowest BCUT2D eigenvalue weighted by Gasteiger charge is -2.12. The lowest BCUT2D eigenvalue weighted by Crippen LogP contribution is -2.32. The minimum absolute atomic E-state index is 0.0387. The molecule has 1 heterocycles. The lowest BCUT2D eigenvalue weighted by molar-refractivity contribution is -0.119. The van der Waals surface area contributed by atoms with Crippen molar-refractivity contribution in [3.8, 4) is 0 Å². The Kier molecular flexibility index (Phi) is 4.42. The first kappa shape index (κ1) is 14.6. The van der Waals surface area contributed by atoms with Gasteiger partial charge < -0.3 is 16.4 Å². The van der Waals surface area contributed by atoms with E-state index in [4.69, 9.17) is 5.73 Å². The molecule has 0 saturated heterocycles. The number of carbonyl (C=O) groups is 1. The molecule has 4 N–H and O–H groups in total. The molecule has 20 heavy (non-hydrogen) atoms. The number of nitrogen functional groups attached to an aromatic ring is 1. The van der Waals surface area contributed by atoms with Crippen molar-refractivity contribution >= 4 is 17.5 Å². The van der Waals surface area contributed by atoms with Crippen molar-refractivity contribution in [2.45, 2.75) is 39.5 Å². The van der Waals surface area contributed by atoms with E-state index in [1.165, 1.54) is 0 Å². The number of carbonyl (C=O) groups excluding carboxylic acids is 1. The van der Waals surface area contributed by atoms with Crippen molar-refractivity contribution in [1.29, 1.82) is 0 Å². The zero-order valence-electron chi connectivity index (χ0n) is 12.4. The van der Waals surface area contributed by atoms with E-state index in [0.29, 0.717) is 30.0 Å². The van der Waals surface area contributed by atoms with Crippen LogP contribution >= 0.6 is 0 Å². The van der Waals surface area contributed by atoms with Gasteiger partial charge in [0.2, 0.25) is 5.91 Å². The second-order valence-electron chi connectivity index (χ2n) is 5.77. The number of hydrogen-bond donors (Lipinski definition) is 3. The fourth-order valence-corrected chi connectivity index (χ4v) is 1.79. The topological polar surface area (TPSA) is 92.9 Å². The molecule has 0 bridgehead atoms. The average molecular weight is 277 g/mol. The largest absolute Gasteiger partial charge is 0.383 e. The molecule has 0 radical (unpaired) electrons. The van der Waals surface area contributed by atoms with E-state index in [2.05, 4.69) is 34.4 Å². The van der Waals surface area contributed by atoms with Crippen LogP contribution in [0.1, 0.15) is 44.0 Å². The van der Waals surface area contributed by atoms with E-state index < -0.39 is 0 Å². The van der Waals surface area contributed by atoms with Gasteiger partial charge in [-0.05, 0) is 25.7 Å². The molecule has 1 saturated carbocycles. The van der Waals surface area contributed by atoms with E-state index in [1.807, 2.05) is 6.92 Å². The molecule has 6 heteroatoms. The normalized spacial score (nSPS) is 14.4. The molecule has 0 unspecified atom stereocenters. The number of aromatic nitrogens is 2. The molecule has 0 aliphatic heterocycles. The van der Waals surface area contributed by atoms with E-state index in [0.717, 1.165) is 24.2 Å². The van der Waals surface area contributed by atoms with Gasteiger partial charge in [0.1, 0.15) is 17.5 Å². The number of nitrogens with one attached hydrogen (secondary N) is 2. The zero-order valence-corrected chi connectivity index (χ0v) is 12.4. The molecule has 2 rings (SSSR count). The first-order chi connectivity index (χ1) is 9.47. The van der Waals surface area contributed by atoms with Crippen LogP contribution < -0.4 is 16.4 Å². The molecule has 1 aromatic heterocycles. The van der Waals surface area contributed by atoms with Crippen LogP contribution in [-0.4, -0.2) is 29.0 Å². The number of nitrogens with two attached hydrogens (primary N) is 1. The quantitative estimate of drug-likeness (QED) is 0.731. The molecule has 1 aliphatic carbocycles. The van der Waals surface area contributed by atoms with Gasteiger partial charge in [-0.2, -0.15) is 0 Å². The monoisotopic (exact) mass is 277 g/mol. The third-order valence-electron chi connectivity index (χ3n) is 3.27. The summed E-state index contributed by atoms with van der Waals surface area (Å²) in [5, 5.41) is 5.92. The third-order valence-corrected chi connectivity index (χ3v) is 3.27. The van der Waals surface area contributed by atoms with Gasteiger partial charge in [0.25, 0.3) is 0 Å². The molecular formula is C14H23N5O. The Morgan fingerprint density at radius 3 is 2.70 bits per heavy atom. The summed E-state index contributed by atoms with van der Waals surface area (Å²) in [4.78, 5) is 20.5. The van der Waals surface area contributed by atoms with Gasteiger partial charge in [0.15, 0.2) is 0 Å². The summed E-state index contributed by atoms with van der Waals surface area (Å²) >= 11 is 0. The van der Waals surface area contributed by atoms with Crippen LogP contribution in [0.15, 0.2) is 0 Å². The van der Waals surface area contributed by atoms with Crippen LogP contribution in [0.4, 0.5) is 11.6 Å². The van der Waals surface area contributed by atoms with Gasteiger partial charge in [0.05, 0.1) is 6.54 Å². The first-order valence-electron chi connectivity index (χ1n) is 7.12. The molecule has 0 aromatic carbocycles. The third kappa shape index (κ3) is 3.82. The van der Waals surface area contributed by atoms with Crippen LogP contribution in [0.3, 0.4) is 0 Å². The summed E-state index contributed by atoms with van der Waals surface area (Å²) in [5.41, 5.74) is 6.70. The average Bonchev–Trinajstić information content (AvgIpc) is 3.22. The Balaban J connectivity index is 1.96. The SMILES string of the molecule is Cc1c(N)nc(C2CC2)nc1NCC(=O)NCC(C)C. The Morgan fingerprint density at radius 2 is 2.10 bits per heavy atom. The summed E-state index contributed by atoms with van der Waals surface area (Å²) in [5.74, 6) is 2.79. The standard InChI is InChI=1S/C14H23N5O/c1-8(2)6-16-11(20)7-17-13-9(3)12(15)18-14(19-13)10-4-5-10/h8,10H,4-7H2,1-3H3,(H,16,20)(H3,15,17,18,19). The van der Waals surface area contributed by atoms with Crippen LogP contribution in [0.25, 0.3) is 0 Å². The van der Waals surface area contributed by atoms with Gasteiger partial charge in [-0.1, -0.05) is 13.8 Å². The summed E-state index contributed by atoms with van der Waals surface area (Å²) < 4.78 is 0. The van der Waals surface area contributed by atoms with Crippen LogP contribution in [0.5, 0.6) is 0 Å². The second kappa shape index (κ2) is 6.07. The number of anilines is 2. The van der Waals surface area contributed by atoms with Crippen LogP contribution in [0.2, 0.25) is 0 Å². The number of amides is 1. The van der Waals surface area contributed by atoms with Crippen molar-refractivity contribution in [2.24, 2.45) is 5.92 Å². The highest BCUT2D eigenvalue weighted by Crippen LogP contribution is 2.39. The van der Waals surface area contributed by atoms with E-state index in [9.17, 15) is 4.79 Å². The molecule has 0 atom stereocenters.